The zero-order valence-electron chi connectivity index (χ0n) is 19.9. The summed E-state index contributed by atoms with van der Waals surface area (Å²) < 4.78 is 32.3. The highest BCUT2D eigenvalue weighted by Gasteiger charge is 2.35. The first-order valence-corrected chi connectivity index (χ1v) is 14.3. The number of halogens is 2. The highest BCUT2D eigenvalue weighted by Crippen LogP contribution is 2.40. The minimum atomic E-state index is -4.13. The van der Waals surface area contributed by atoms with E-state index in [4.69, 9.17) is 33.1 Å². The predicted molar refractivity (Wildman–Crippen MR) is 142 cm³/mol. The standard InChI is InChI=1S/C23H24Cl2N4O7S2/c1-35-18-3-2-12(24)5-14(18)20(31)15-7-19(37-22(15)25)21(32)16-8-27-10-28-23(16)29-13-4-11(17(30)6-13)9-36-38(26,33)34/h2-3,5,7-8,10-11,13,17,20,30-31H,4,6,9H2,1H3,(H2,26,33,34)(H,27,28,29)/t11-,13-,17+,20-/m1/s1. The van der Waals surface area contributed by atoms with Crippen LogP contribution in [0.2, 0.25) is 9.36 Å². The minimum Gasteiger partial charge on any atom is -0.496 e. The molecule has 1 aliphatic carbocycles. The van der Waals surface area contributed by atoms with Crippen molar-refractivity contribution in [3.8, 4) is 5.75 Å². The summed E-state index contributed by atoms with van der Waals surface area (Å²) >= 11 is 13.5. The molecule has 0 bridgehead atoms. The number of nitrogens with one attached hydrogen (secondary N) is 1. The molecule has 0 radical (unpaired) electrons. The number of benzene rings is 1. The number of hydrogen-bond acceptors (Lipinski definition) is 11. The van der Waals surface area contributed by atoms with Gasteiger partial charge in [-0.2, -0.15) is 8.42 Å². The number of aliphatic hydroxyl groups excluding tert-OH is 2. The van der Waals surface area contributed by atoms with Crippen LogP contribution in [-0.4, -0.2) is 60.2 Å². The number of ether oxygens (including phenoxy) is 1. The summed E-state index contributed by atoms with van der Waals surface area (Å²) in [6.07, 6.45) is 1.23. The third-order valence-corrected chi connectivity index (χ3v) is 8.21. The molecule has 5 N–H and O–H groups in total. The van der Waals surface area contributed by atoms with E-state index in [0.717, 1.165) is 11.3 Å². The monoisotopic (exact) mass is 602 g/mol. The normalized spacial score (nSPS) is 20.3. The number of anilines is 1. The van der Waals surface area contributed by atoms with E-state index in [2.05, 4.69) is 19.5 Å². The molecule has 15 heteroatoms. The molecule has 0 aliphatic heterocycles. The van der Waals surface area contributed by atoms with Gasteiger partial charge in [0.15, 0.2) is 0 Å². The van der Waals surface area contributed by atoms with Crippen molar-refractivity contribution in [2.75, 3.05) is 19.0 Å². The molecular weight excluding hydrogens is 579 g/mol. The number of methoxy groups -OCH3 is 1. The number of nitrogens with zero attached hydrogens (tertiary/aromatic N) is 2. The van der Waals surface area contributed by atoms with Crippen LogP contribution in [0.4, 0.5) is 5.82 Å². The first kappa shape index (κ1) is 28.6. The Morgan fingerprint density at radius 2 is 2.05 bits per heavy atom. The maximum absolute atomic E-state index is 13.4. The van der Waals surface area contributed by atoms with Crippen LogP contribution >= 0.6 is 34.5 Å². The van der Waals surface area contributed by atoms with Gasteiger partial charge < -0.3 is 20.3 Å². The molecule has 2 heterocycles. The van der Waals surface area contributed by atoms with Crippen LogP contribution in [0.15, 0.2) is 36.8 Å². The van der Waals surface area contributed by atoms with Crippen molar-refractivity contribution in [2.24, 2.45) is 11.1 Å². The SMILES string of the molecule is COc1ccc(Cl)cc1[C@@H](O)c1cc(C(=O)c2cncnc2N[C@@H]2C[C@H](COS(N)(=O)=O)[C@@H](O)C2)sc1Cl. The second kappa shape index (κ2) is 11.8. The fourth-order valence-electron chi connectivity index (χ4n) is 4.29. The molecule has 3 aromatic rings. The first-order chi connectivity index (χ1) is 18.0. The summed E-state index contributed by atoms with van der Waals surface area (Å²) in [5.41, 5.74) is 0.860. The van der Waals surface area contributed by atoms with E-state index in [1.165, 1.54) is 25.7 Å². The molecule has 38 heavy (non-hydrogen) atoms. The van der Waals surface area contributed by atoms with Crippen LogP contribution in [0.25, 0.3) is 0 Å². The molecule has 1 saturated carbocycles. The Balaban J connectivity index is 1.54. The lowest BCUT2D eigenvalue weighted by atomic mass is 10.0. The molecule has 0 saturated heterocycles. The van der Waals surface area contributed by atoms with E-state index in [0.29, 0.717) is 28.3 Å². The number of nitrogens with two attached hydrogens (primary N) is 1. The number of carbonyl (C=O) groups excluding carboxylic acids is 1. The second-order valence-electron chi connectivity index (χ2n) is 8.66. The Bertz CT molecular complexity index is 1440. The summed E-state index contributed by atoms with van der Waals surface area (Å²) in [6.45, 7) is -0.260. The van der Waals surface area contributed by atoms with E-state index < -0.39 is 34.2 Å². The van der Waals surface area contributed by atoms with Gasteiger partial charge in [-0.25, -0.2) is 15.1 Å². The maximum atomic E-state index is 13.4. The van der Waals surface area contributed by atoms with Crippen LogP contribution in [0.3, 0.4) is 0 Å². The van der Waals surface area contributed by atoms with Crippen LogP contribution in [0, 0.1) is 5.92 Å². The summed E-state index contributed by atoms with van der Waals surface area (Å²) in [5.74, 6) is -0.260. The van der Waals surface area contributed by atoms with Crippen molar-refractivity contribution in [2.45, 2.75) is 31.1 Å². The number of rotatable bonds is 10. The van der Waals surface area contributed by atoms with Gasteiger partial charge >= 0.3 is 10.3 Å². The zero-order valence-corrected chi connectivity index (χ0v) is 23.0. The average Bonchev–Trinajstić information content (AvgIpc) is 3.43. The van der Waals surface area contributed by atoms with Gasteiger partial charge in [-0.3, -0.25) is 8.98 Å². The van der Waals surface area contributed by atoms with E-state index in [1.807, 2.05) is 0 Å². The molecule has 204 valence electrons. The number of aromatic nitrogens is 2. The van der Waals surface area contributed by atoms with Crippen molar-refractivity contribution in [1.82, 2.24) is 9.97 Å². The molecule has 0 amide bonds. The minimum absolute atomic E-state index is 0.158. The number of carbonyl (C=O) groups is 1. The number of aliphatic hydroxyl groups is 2. The van der Waals surface area contributed by atoms with Crippen LogP contribution < -0.4 is 15.2 Å². The van der Waals surface area contributed by atoms with E-state index in [-0.39, 0.29) is 39.7 Å². The number of hydrogen-bond donors (Lipinski definition) is 4. The smallest absolute Gasteiger partial charge is 0.333 e. The maximum Gasteiger partial charge on any atom is 0.333 e. The van der Waals surface area contributed by atoms with Crippen molar-refractivity contribution in [1.29, 1.82) is 0 Å². The van der Waals surface area contributed by atoms with Gasteiger partial charge in [-0.15, -0.1) is 11.3 Å². The van der Waals surface area contributed by atoms with E-state index in [1.54, 1.807) is 18.2 Å². The Hall–Kier alpha value is -2.36. The van der Waals surface area contributed by atoms with Crippen LogP contribution in [0.5, 0.6) is 5.75 Å². The number of thiophene rings is 1. The van der Waals surface area contributed by atoms with Crippen molar-refractivity contribution in [3.05, 3.63) is 67.7 Å². The zero-order chi connectivity index (χ0) is 27.6. The lowest BCUT2D eigenvalue weighted by molar-refractivity contribution is 0.101. The molecule has 11 nitrogen and oxygen atoms in total. The van der Waals surface area contributed by atoms with Gasteiger partial charge in [-0.1, -0.05) is 23.2 Å². The van der Waals surface area contributed by atoms with Crippen molar-refractivity contribution in [3.63, 3.8) is 0 Å². The highest BCUT2D eigenvalue weighted by molar-refractivity contribution is 7.84. The van der Waals surface area contributed by atoms with Crippen LogP contribution in [-0.2, 0) is 14.5 Å². The predicted octanol–water partition coefficient (Wildman–Crippen LogP) is 2.94. The average molecular weight is 604 g/mol. The summed E-state index contributed by atoms with van der Waals surface area (Å²) in [7, 11) is -2.66. The highest BCUT2D eigenvalue weighted by atomic mass is 35.5. The van der Waals surface area contributed by atoms with Gasteiger partial charge in [-0.05, 0) is 37.1 Å². The van der Waals surface area contributed by atoms with Gasteiger partial charge in [0.2, 0.25) is 5.78 Å². The largest absolute Gasteiger partial charge is 0.496 e. The molecule has 4 rings (SSSR count). The van der Waals surface area contributed by atoms with Gasteiger partial charge in [0.25, 0.3) is 0 Å². The molecule has 1 fully saturated rings. The summed E-state index contributed by atoms with van der Waals surface area (Å²) in [4.78, 5) is 21.8. The molecule has 1 aromatic carbocycles. The number of ketones is 1. The molecule has 4 atom stereocenters. The Morgan fingerprint density at radius 3 is 2.76 bits per heavy atom. The summed E-state index contributed by atoms with van der Waals surface area (Å²) in [5, 5.41) is 29.7. The Kier molecular flexibility index (Phi) is 8.89. The third-order valence-electron chi connectivity index (χ3n) is 6.12. The molecule has 1 aliphatic rings. The topological polar surface area (TPSA) is 174 Å². The third kappa shape index (κ3) is 6.61. The van der Waals surface area contributed by atoms with Crippen molar-refractivity contribution < 1.29 is 32.3 Å². The molecule has 2 aromatic heterocycles. The fraction of sp³-hybridized carbons (Fsp3) is 0.348. The lowest BCUT2D eigenvalue weighted by Crippen LogP contribution is -2.24. The van der Waals surface area contributed by atoms with Gasteiger partial charge in [0.05, 0.1) is 34.6 Å². The second-order valence-corrected chi connectivity index (χ2v) is 12.0. The fourth-order valence-corrected chi connectivity index (χ4v) is 6.11. The van der Waals surface area contributed by atoms with Gasteiger partial charge in [0.1, 0.15) is 24.0 Å². The van der Waals surface area contributed by atoms with Crippen LogP contribution in [0.1, 0.15) is 45.3 Å². The van der Waals surface area contributed by atoms with Gasteiger partial charge in [0, 0.05) is 34.3 Å². The van der Waals surface area contributed by atoms with E-state index in [9.17, 15) is 23.4 Å². The Labute approximate surface area is 232 Å². The lowest BCUT2D eigenvalue weighted by Gasteiger charge is -2.15. The molecular formula is C23H24Cl2N4O7S2. The summed E-state index contributed by atoms with van der Waals surface area (Å²) in [6, 6.07) is 5.99. The molecule has 0 spiro atoms. The Morgan fingerprint density at radius 1 is 1.29 bits per heavy atom. The van der Waals surface area contributed by atoms with E-state index >= 15 is 0 Å². The molecule has 0 unspecified atom stereocenters. The first-order valence-electron chi connectivity index (χ1n) is 11.2. The quantitative estimate of drug-likeness (QED) is 0.252. The van der Waals surface area contributed by atoms with Crippen molar-refractivity contribution >= 4 is 56.4 Å².